The molecule has 66 valence electrons. The van der Waals surface area contributed by atoms with Gasteiger partial charge in [-0.25, -0.2) is 0 Å². The summed E-state index contributed by atoms with van der Waals surface area (Å²) in [5, 5.41) is 0. The van der Waals surface area contributed by atoms with Gasteiger partial charge < -0.3 is 14.7 Å². The Bertz CT molecular complexity index is 162. The van der Waals surface area contributed by atoms with Crippen LogP contribution in [0.2, 0.25) is 0 Å². The number of hydrogen-bond acceptors (Lipinski definition) is 3. The van der Waals surface area contributed by atoms with Gasteiger partial charge in [-0.15, -0.1) is 0 Å². The van der Waals surface area contributed by atoms with Crippen molar-refractivity contribution >= 4 is 0 Å². The van der Waals surface area contributed by atoms with Crippen molar-refractivity contribution in [2.24, 2.45) is 0 Å². The summed E-state index contributed by atoms with van der Waals surface area (Å²) >= 11 is 0. The van der Waals surface area contributed by atoms with Crippen molar-refractivity contribution in [1.29, 1.82) is 0 Å². The zero-order valence-electron chi connectivity index (χ0n) is 7.81. The van der Waals surface area contributed by atoms with E-state index in [0.29, 0.717) is 0 Å². The van der Waals surface area contributed by atoms with Gasteiger partial charge in [-0.1, -0.05) is 0 Å². The van der Waals surface area contributed by atoms with Crippen molar-refractivity contribution in [1.82, 2.24) is 14.7 Å². The molecular weight excluding hydrogens is 150 g/mol. The van der Waals surface area contributed by atoms with Gasteiger partial charge in [0.2, 0.25) is 0 Å². The Morgan fingerprint density at radius 1 is 0.500 bits per heavy atom. The minimum Gasteiger partial charge on any atom is -0.354 e. The molecule has 0 bridgehead atoms. The quantitative estimate of drug-likeness (QED) is 0.534. The Morgan fingerprint density at radius 3 is 0.833 bits per heavy atom. The summed E-state index contributed by atoms with van der Waals surface area (Å²) in [5.41, 5.74) is 0. The molecule has 0 saturated heterocycles. The lowest BCUT2D eigenvalue weighted by Crippen LogP contribution is -2.04. The van der Waals surface area contributed by atoms with Crippen molar-refractivity contribution in [3.8, 4) is 0 Å². The van der Waals surface area contributed by atoms with Gasteiger partial charge >= 0.3 is 0 Å². The molecule has 0 aromatic rings. The predicted molar refractivity (Wildman–Crippen MR) is 50.7 cm³/mol. The first kappa shape index (κ1) is 8.71. The van der Waals surface area contributed by atoms with E-state index in [4.69, 9.17) is 0 Å². The second-order valence-electron chi connectivity index (χ2n) is 2.89. The Labute approximate surface area is 73.9 Å². The van der Waals surface area contributed by atoms with Crippen LogP contribution in [-0.4, -0.2) is 35.8 Å². The highest BCUT2D eigenvalue weighted by Crippen LogP contribution is 1.97. The van der Waals surface area contributed by atoms with E-state index in [1.54, 1.807) is 0 Å². The third-order valence-electron chi connectivity index (χ3n) is 1.61. The monoisotopic (exact) mass is 165 g/mol. The van der Waals surface area contributed by atoms with Crippen LogP contribution in [0.4, 0.5) is 0 Å². The number of nitrogens with zero attached hydrogens (tertiary/aromatic N) is 3. The molecule has 1 aliphatic rings. The van der Waals surface area contributed by atoms with Gasteiger partial charge in [0.1, 0.15) is 0 Å². The minimum absolute atomic E-state index is 2.00. The van der Waals surface area contributed by atoms with Gasteiger partial charge in [0.25, 0.3) is 0 Å². The molecule has 12 heavy (non-hydrogen) atoms. The summed E-state index contributed by atoms with van der Waals surface area (Å²) in [6, 6.07) is 0. The predicted octanol–water partition coefficient (Wildman–Crippen LogP) is 1.21. The first-order valence-corrected chi connectivity index (χ1v) is 3.89. The van der Waals surface area contributed by atoms with E-state index in [2.05, 4.69) is 0 Å². The summed E-state index contributed by atoms with van der Waals surface area (Å²) in [6.45, 7) is 0. The second-order valence-corrected chi connectivity index (χ2v) is 2.89. The largest absolute Gasteiger partial charge is 0.354 e. The molecule has 0 spiro atoms. The highest BCUT2D eigenvalue weighted by molar-refractivity contribution is 4.97. The summed E-state index contributed by atoms with van der Waals surface area (Å²) in [6.07, 6.45) is 12.0. The average Bonchev–Trinajstić information content (AvgIpc) is 2.11. The average molecular weight is 165 g/mol. The zero-order chi connectivity index (χ0) is 8.97. The molecule has 3 heteroatoms. The highest BCUT2D eigenvalue weighted by atomic mass is 15.2. The molecule has 0 saturated carbocycles. The molecule has 1 rings (SSSR count). The zero-order valence-corrected chi connectivity index (χ0v) is 7.81. The van der Waals surface area contributed by atoms with E-state index in [-0.39, 0.29) is 0 Å². The standard InChI is InChI=1S/C9H15N3/c1-10-4-6-11(2)8-9-12(3)7-5-10/h4-9H,1-3H3. The van der Waals surface area contributed by atoms with E-state index in [0.717, 1.165) is 0 Å². The van der Waals surface area contributed by atoms with Crippen LogP contribution in [0.1, 0.15) is 0 Å². The SMILES string of the molecule is CN1C=CN(C)C=CN(C)C=C1. The van der Waals surface area contributed by atoms with E-state index in [1.807, 2.05) is 73.0 Å². The van der Waals surface area contributed by atoms with Gasteiger partial charge in [-0.2, -0.15) is 0 Å². The lowest BCUT2D eigenvalue weighted by Gasteiger charge is -2.08. The maximum Gasteiger partial charge on any atom is 0.0194 e. The van der Waals surface area contributed by atoms with Crippen LogP contribution in [0, 0.1) is 0 Å². The Morgan fingerprint density at radius 2 is 0.667 bits per heavy atom. The fraction of sp³-hybridized carbons (Fsp3) is 0.333. The normalized spacial score (nSPS) is 17.8. The first-order chi connectivity index (χ1) is 5.68. The Hall–Kier alpha value is -1.38. The number of rotatable bonds is 0. The Kier molecular flexibility index (Phi) is 2.80. The second kappa shape index (κ2) is 3.85. The number of hydrogen-bond donors (Lipinski definition) is 0. The maximum absolute atomic E-state index is 2.00. The fourth-order valence-corrected chi connectivity index (χ4v) is 0.780. The van der Waals surface area contributed by atoms with Crippen molar-refractivity contribution in [2.45, 2.75) is 0 Å². The highest BCUT2D eigenvalue weighted by Gasteiger charge is 1.90. The molecule has 0 aliphatic carbocycles. The molecule has 0 atom stereocenters. The van der Waals surface area contributed by atoms with Crippen molar-refractivity contribution < 1.29 is 0 Å². The molecule has 0 radical (unpaired) electrons. The lowest BCUT2D eigenvalue weighted by atomic mass is 10.7. The smallest absolute Gasteiger partial charge is 0.0194 e. The third kappa shape index (κ3) is 2.70. The molecule has 0 amide bonds. The lowest BCUT2D eigenvalue weighted by molar-refractivity contribution is 0.573. The topological polar surface area (TPSA) is 9.72 Å². The molecule has 0 N–H and O–H groups in total. The van der Waals surface area contributed by atoms with Crippen LogP contribution in [0.25, 0.3) is 0 Å². The van der Waals surface area contributed by atoms with Crippen LogP contribution in [-0.2, 0) is 0 Å². The van der Waals surface area contributed by atoms with E-state index >= 15 is 0 Å². The van der Waals surface area contributed by atoms with Gasteiger partial charge in [0.15, 0.2) is 0 Å². The van der Waals surface area contributed by atoms with Crippen LogP contribution in [0.3, 0.4) is 0 Å². The van der Waals surface area contributed by atoms with Gasteiger partial charge in [-0.05, 0) is 0 Å². The summed E-state index contributed by atoms with van der Waals surface area (Å²) < 4.78 is 0. The summed E-state index contributed by atoms with van der Waals surface area (Å²) in [7, 11) is 6.00. The molecular formula is C9H15N3. The molecule has 3 nitrogen and oxygen atoms in total. The minimum atomic E-state index is 2.00. The molecule has 1 heterocycles. The maximum atomic E-state index is 2.00. The van der Waals surface area contributed by atoms with Crippen LogP contribution in [0.15, 0.2) is 37.2 Å². The van der Waals surface area contributed by atoms with Crippen molar-refractivity contribution in [3.63, 3.8) is 0 Å². The molecule has 1 aliphatic heterocycles. The summed E-state index contributed by atoms with van der Waals surface area (Å²) in [4.78, 5) is 6.00. The first-order valence-electron chi connectivity index (χ1n) is 3.89. The molecule has 0 fully saturated rings. The summed E-state index contributed by atoms with van der Waals surface area (Å²) in [5.74, 6) is 0. The molecule has 0 aromatic carbocycles. The van der Waals surface area contributed by atoms with Crippen LogP contribution < -0.4 is 0 Å². The van der Waals surface area contributed by atoms with Crippen LogP contribution >= 0.6 is 0 Å². The van der Waals surface area contributed by atoms with E-state index in [1.165, 1.54) is 0 Å². The Balaban J connectivity index is 2.74. The van der Waals surface area contributed by atoms with Crippen LogP contribution in [0.5, 0.6) is 0 Å². The van der Waals surface area contributed by atoms with Gasteiger partial charge in [-0.3, -0.25) is 0 Å². The van der Waals surface area contributed by atoms with Gasteiger partial charge in [0.05, 0.1) is 0 Å². The third-order valence-corrected chi connectivity index (χ3v) is 1.61. The van der Waals surface area contributed by atoms with Crippen molar-refractivity contribution in [2.75, 3.05) is 21.1 Å². The van der Waals surface area contributed by atoms with Gasteiger partial charge in [0, 0.05) is 58.3 Å². The molecule has 0 aromatic heterocycles. The van der Waals surface area contributed by atoms with E-state index < -0.39 is 0 Å². The van der Waals surface area contributed by atoms with E-state index in [9.17, 15) is 0 Å². The molecule has 0 unspecified atom stereocenters. The van der Waals surface area contributed by atoms with Crippen molar-refractivity contribution in [3.05, 3.63) is 37.2 Å². The fourth-order valence-electron chi connectivity index (χ4n) is 0.780.